The van der Waals surface area contributed by atoms with E-state index in [2.05, 4.69) is 10.5 Å². The molecule has 1 rings (SSSR count). The molecule has 1 aromatic rings. The number of rotatable bonds is 3. The van der Waals surface area contributed by atoms with Crippen molar-refractivity contribution in [3.8, 4) is 0 Å². The summed E-state index contributed by atoms with van der Waals surface area (Å²) in [4.78, 5) is 0. The molecule has 12 heavy (non-hydrogen) atoms. The smallest absolute Gasteiger partial charge is 0.0648 e. The van der Waals surface area contributed by atoms with Gasteiger partial charge in [-0.1, -0.05) is 6.07 Å². The van der Waals surface area contributed by atoms with Crippen LogP contribution in [0.15, 0.2) is 29.4 Å². The van der Waals surface area contributed by atoms with Crippen molar-refractivity contribution in [3.05, 3.63) is 24.3 Å². The molecule has 0 aliphatic heterocycles. The van der Waals surface area contributed by atoms with Gasteiger partial charge in [-0.3, -0.25) is 5.43 Å². The van der Waals surface area contributed by atoms with E-state index in [0.29, 0.717) is 5.69 Å². The number of nitrogen functional groups attached to an aromatic ring is 1. The maximum atomic E-state index is 6.67. The van der Waals surface area contributed by atoms with Crippen LogP contribution >= 0.6 is 0 Å². The SMILES string of the molecule is N=C/C=N\Nc1cccc(N)c1. The van der Waals surface area contributed by atoms with Gasteiger partial charge in [0.25, 0.3) is 0 Å². The summed E-state index contributed by atoms with van der Waals surface area (Å²) in [6.07, 6.45) is 2.45. The molecular weight excluding hydrogens is 152 g/mol. The molecule has 1 aromatic carbocycles. The number of benzene rings is 1. The van der Waals surface area contributed by atoms with Gasteiger partial charge in [0, 0.05) is 11.9 Å². The van der Waals surface area contributed by atoms with Crippen molar-refractivity contribution in [3.63, 3.8) is 0 Å². The molecule has 0 saturated heterocycles. The minimum Gasteiger partial charge on any atom is -0.399 e. The van der Waals surface area contributed by atoms with Crippen LogP contribution in [0.5, 0.6) is 0 Å². The zero-order chi connectivity index (χ0) is 8.81. The second kappa shape index (κ2) is 4.12. The normalized spacial score (nSPS) is 10.0. The highest BCUT2D eigenvalue weighted by Gasteiger charge is 1.87. The Morgan fingerprint density at radius 2 is 2.33 bits per heavy atom. The first-order valence-corrected chi connectivity index (χ1v) is 3.46. The van der Waals surface area contributed by atoms with E-state index in [1.165, 1.54) is 6.21 Å². The Balaban J connectivity index is 2.63. The quantitative estimate of drug-likeness (QED) is 0.356. The third-order valence-electron chi connectivity index (χ3n) is 1.23. The molecule has 0 amide bonds. The monoisotopic (exact) mass is 162 g/mol. The molecule has 62 valence electrons. The first-order chi connectivity index (χ1) is 5.83. The molecule has 0 fully saturated rings. The van der Waals surface area contributed by atoms with E-state index in [1.807, 2.05) is 12.1 Å². The summed E-state index contributed by atoms with van der Waals surface area (Å²) in [5.41, 5.74) is 9.75. The predicted octanol–water partition coefficient (Wildman–Crippen LogP) is 1.32. The molecule has 0 aliphatic carbocycles. The largest absolute Gasteiger partial charge is 0.399 e. The number of hydrogen-bond donors (Lipinski definition) is 3. The van der Waals surface area contributed by atoms with Gasteiger partial charge in [0.1, 0.15) is 0 Å². The van der Waals surface area contributed by atoms with E-state index < -0.39 is 0 Å². The Morgan fingerprint density at radius 3 is 3.00 bits per heavy atom. The van der Waals surface area contributed by atoms with Gasteiger partial charge < -0.3 is 11.1 Å². The Kier molecular flexibility index (Phi) is 2.84. The van der Waals surface area contributed by atoms with Crippen molar-refractivity contribution in [2.45, 2.75) is 0 Å². The Labute approximate surface area is 70.6 Å². The summed E-state index contributed by atoms with van der Waals surface area (Å²) < 4.78 is 0. The van der Waals surface area contributed by atoms with E-state index in [0.717, 1.165) is 11.9 Å². The first kappa shape index (κ1) is 8.26. The summed E-state index contributed by atoms with van der Waals surface area (Å²) in [5, 5.41) is 10.4. The molecule has 4 heteroatoms. The molecule has 4 nitrogen and oxygen atoms in total. The maximum absolute atomic E-state index is 6.67. The highest BCUT2D eigenvalue weighted by molar-refractivity contribution is 6.14. The fraction of sp³-hybridized carbons (Fsp3) is 0. The molecule has 0 radical (unpaired) electrons. The van der Waals surface area contributed by atoms with E-state index in [4.69, 9.17) is 11.1 Å². The van der Waals surface area contributed by atoms with Crippen molar-refractivity contribution >= 4 is 23.8 Å². The van der Waals surface area contributed by atoms with Crippen LogP contribution in [-0.2, 0) is 0 Å². The lowest BCUT2D eigenvalue weighted by Gasteiger charge is -1.99. The molecule has 0 atom stereocenters. The fourth-order valence-corrected chi connectivity index (χ4v) is 0.757. The van der Waals surface area contributed by atoms with Gasteiger partial charge in [-0.2, -0.15) is 5.10 Å². The zero-order valence-electron chi connectivity index (χ0n) is 6.49. The number of nitrogens with one attached hydrogen (secondary N) is 2. The van der Waals surface area contributed by atoms with Crippen molar-refractivity contribution in [2.24, 2.45) is 5.10 Å². The number of nitrogens with zero attached hydrogens (tertiary/aromatic N) is 1. The second-order valence-electron chi connectivity index (χ2n) is 2.18. The van der Waals surface area contributed by atoms with E-state index in [1.54, 1.807) is 12.1 Å². The van der Waals surface area contributed by atoms with Crippen LogP contribution in [0.2, 0.25) is 0 Å². The van der Waals surface area contributed by atoms with Gasteiger partial charge in [0.15, 0.2) is 0 Å². The van der Waals surface area contributed by atoms with Gasteiger partial charge in [-0.05, 0) is 18.2 Å². The molecular formula is C8H10N4. The fourth-order valence-electron chi connectivity index (χ4n) is 0.757. The van der Waals surface area contributed by atoms with E-state index >= 15 is 0 Å². The zero-order valence-corrected chi connectivity index (χ0v) is 6.49. The molecule has 0 saturated carbocycles. The number of nitrogens with two attached hydrogens (primary N) is 1. The number of hydrazone groups is 1. The van der Waals surface area contributed by atoms with Crippen LogP contribution in [0.4, 0.5) is 11.4 Å². The van der Waals surface area contributed by atoms with Gasteiger partial charge in [-0.25, -0.2) is 0 Å². The lowest BCUT2D eigenvalue weighted by molar-refractivity contribution is 1.36. The van der Waals surface area contributed by atoms with Crippen LogP contribution < -0.4 is 11.2 Å². The van der Waals surface area contributed by atoms with Crippen molar-refractivity contribution in [2.75, 3.05) is 11.2 Å². The minimum absolute atomic E-state index is 0.685. The van der Waals surface area contributed by atoms with Gasteiger partial charge in [0.2, 0.25) is 0 Å². The van der Waals surface area contributed by atoms with Crippen LogP contribution in [-0.4, -0.2) is 12.4 Å². The van der Waals surface area contributed by atoms with Crippen LogP contribution in [0.25, 0.3) is 0 Å². The standard InChI is InChI=1S/C8H10N4/c9-4-5-11-12-8-3-1-2-7(10)6-8/h1-6,9,12H,10H2/b9-4?,11-5-. The molecule has 0 unspecified atom stereocenters. The predicted molar refractivity (Wildman–Crippen MR) is 51.8 cm³/mol. The third kappa shape index (κ3) is 2.42. The Morgan fingerprint density at radius 1 is 1.50 bits per heavy atom. The van der Waals surface area contributed by atoms with Crippen molar-refractivity contribution in [1.29, 1.82) is 5.41 Å². The number of hydrogen-bond acceptors (Lipinski definition) is 4. The number of anilines is 2. The first-order valence-electron chi connectivity index (χ1n) is 3.46. The van der Waals surface area contributed by atoms with Gasteiger partial charge in [0.05, 0.1) is 11.9 Å². The maximum Gasteiger partial charge on any atom is 0.0648 e. The summed E-state index contributed by atoms with van der Waals surface area (Å²) in [6.45, 7) is 0. The Bertz CT molecular complexity index is 293. The Hall–Kier alpha value is -1.84. The highest BCUT2D eigenvalue weighted by Crippen LogP contribution is 2.10. The lowest BCUT2D eigenvalue weighted by atomic mass is 10.3. The van der Waals surface area contributed by atoms with Crippen LogP contribution in [0.1, 0.15) is 0 Å². The van der Waals surface area contributed by atoms with Gasteiger partial charge in [-0.15, -0.1) is 0 Å². The third-order valence-corrected chi connectivity index (χ3v) is 1.23. The summed E-state index contributed by atoms with van der Waals surface area (Å²) >= 11 is 0. The molecule has 0 heterocycles. The van der Waals surface area contributed by atoms with Gasteiger partial charge >= 0.3 is 0 Å². The summed E-state index contributed by atoms with van der Waals surface area (Å²) in [5.74, 6) is 0. The van der Waals surface area contributed by atoms with Crippen molar-refractivity contribution in [1.82, 2.24) is 0 Å². The minimum atomic E-state index is 0.685. The van der Waals surface area contributed by atoms with Crippen molar-refractivity contribution < 1.29 is 0 Å². The molecule has 0 bridgehead atoms. The summed E-state index contributed by atoms with van der Waals surface area (Å²) in [7, 11) is 0. The lowest BCUT2D eigenvalue weighted by Crippen LogP contribution is -1.91. The molecule has 0 spiro atoms. The highest BCUT2D eigenvalue weighted by atomic mass is 15.3. The molecule has 0 aliphatic rings. The summed E-state index contributed by atoms with van der Waals surface area (Å²) in [6, 6.07) is 7.24. The van der Waals surface area contributed by atoms with Crippen LogP contribution in [0, 0.1) is 5.41 Å². The second-order valence-corrected chi connectivity index (χ2v) is 2.18. The van der Waals surface area contributed by atoms with Crippen LogP contribution in [0.3, 0.4) is 0 Å². The average Bonchev–Trinajstić information content (AvgIpc) is 2.05. The van der Waals surface area contributed by atoms with E-state index in [-0.39, 0.29) is 0 Å². The average molecular weight is 162 g/mol. The molecule has 0 aromatic heterocycles. The molecule has 4 N–H and O–H groups in total. The van der Waals surface area contributed by atoms with E-state index in [9.17, 15) is 0 Å². The topological polar surface area (TPSA) is 74.3 Å².